The quantitative estimate of drug-likeness (QED) is 0.0805. The Bertz CT molecular complexity index is 2280. The minimum atomic E-state index is -0.491. The molecule has 0 amide bonds. The number of fused-ring (bicyclic) bond motifs is 4. The summed E-state index contributed by atoms with van der Waals surface area (Å²) in [5.41, 5.74) is 10.2. The number of allylic oxidation sites excluding steroid dienone is 5. The van der Waals surface area contributed by atoms with E-state index in [4.69, 9.17) is 15.1 Å². The van der Waals surface area contributed by atoms with Crippen molar-refractivity contribution in [3.8, 4) is 0 Å². The average Bonchev–Trinajstić information content (AvgIpc) is 3.28. The molecule has 4 aromatic rings. The Morgan fingerprint density at radius 3 is 2.19 bits per heavy atom. The number of hydrogen-bond donors (Lipinski definition) is 2. The van der Waals surface area contributed by atoms with Crippen molar-refractivity contribution in [1.82, 2.24) is 15.0 Å². The summed E-state index contributed by atoms with van der Waals surface area (Å²) in [5, 5.41) is 18.0. The molecule has 4 aliphatic rings. The van der Waals surface area contributed by atoms with Gasteiger partial charge in [-0.2, -0.15) is 0 Å². The van der Waals surface area contributed by atoms with Crippen LogP contribution < -0.4 is 29.6 Å². The molecular weight excluding hydrogens is 788 g/mol. The van der Waals surface area contributed by atoms with Gasteiger partial charge in [-0.25, -0.2) is 8.78 Å². The Kier molecular flexibility index (Phi) is 21.5. The smallest absolute Gasteiger partial charge is 1.00 e. The van der Waals surface area contributed by atoms with Crippen molar-refractivity contribution in [2.75, 3.05) is 7.11 Å². The second-order valence-corrected chi connectivity index (χ2v) is 15.9. The fourth-order valence-electron chi connectivity index (χ4n) is 8.09. The van der Waals surface area contributed by atoms with E-state index in [1.807, 2.05) is 18.2 Å². The third kappa shape index (κ3) is 15.6. The molecule has 11 heteroatoms. The van der Waals surface area contributed by atoms with Gasteiger partial charge in [0.2, 0.25) is 0 Å². The first-order valence-corrected chi connectivity index (χ1v) is 21.7. The van der Waals surface area contributed by atoms with E-state index in [2.05, 4.69) is 34.2 Å². The minimum Gasteiger partial charge on any atom is -1.00 e. The average molecular weight is 848 g/mol. The third-order valence-corrected chi connectivity index (χ3v) is 11.4. The number of benzene rings is 1. The zero-order valence-electron chi connectivity index (χ0n) is 37.4. The first-order chi connectivity index (χ1) is 29.3. The third-order valence-electron chi connectivity index (χ3n) is 11.4. The number of carbonyl (C=O) groups is 1. The molecule has 0 saturated heterocycles. The molecule has 1 aliphatic heterocycles. The Morgan fingerprint density at radius 1 is 0.839 bits per heavy atom. The number of pyridine rings is 3. The standard InChI is InChI=1S/2C25H27FN2O.CH4O.B.Na.H/c2*26-21-11-14-24-20(16-21)15-18(17-27-24)9-13-23(29)7-3-2-6-22-12-10-19-5-1-4-8-25(19)28-22;1-2;;;/h9-17,23,29H,1-8H2;9-17,20,24H,1-8H2;2H,1H3;;;/q;;;;+1;-1/b2*13-9+;;;;. The van der Waals surface area contributed by atoms with Crippen molar-refractivity contribution in [1.29, 1.82) is 0 Å². The summed E-state index contributed by atoms with van der Waals surface area (Å²) >= 11 is 0. The molecule has 3 aliphatic carbocycles. The van der Waals surface area contributed by atoms with E-state index in [1.165, 1.54) is 78.5 Å². The molecule has 1 aromatic carbocycles. The molecule has 319 valence electrons. The maximum Gasteiger partial charge on any atom is 1.00 e. The van der Waals surface area contributed by atoms with Gasteiger partial charge in [-0.3, -0.25) is 24.7 Å². The minimum absolute atomic E-state index is 0. The Morgan fingerprint density at radius 2 is 1.50 bits per heavy atom. The van der Waals surface area contributed by atoms with E-state index in [0.29, 0.717) is 6.42 Å². The van der Waals surface area contributed by atoms with E-state index in [1.54, 1.807) is 48.9 Å². The maximum absolute atomic E-state index is 13.4. The Hall–Kier alpha value is -4.19. The van der Waals surface area contributed by atoms with Crippen LogP contribution in [0.4, 0.5) is 8.78 Å². The number of aliphatic hydroxyl groups excluding tert-OH is 2. The largest absolute Gasteiger partial charge is 1.00 e. The first-order valence-electron chi connectivity index (χ1n) is 21.7. The number of rotatable bonds is 14. The van der Waals surface area contributed by atoms with Crippen molar-refractivity contribution in [2.45, 2.75) is 115 Å². The molecule has 7 nitrogen and oxygen atoms in total. The zero-order valence-corrected chi connectivity index (χ0v) is 38.4. The van der Waals surface area contributed by atoms with Crippen LogP contribution >= 0.6 is 0 Å². The summed E-state index contributed by atoms with van der Waals surface area (Å²) in [7, 11) is 1.00. The van der Waals surface area contributed by atoms with Crippen LogP contribution in [-0.4, -0.2) is 64.8 Å². The first kappa shape index (κ1) is 50.5. The Labute approximate surface area is 391 Å². The number of nitrogens with zero attached hydrogens (tertiary/aromatic N) is 4. The van der Waals surface area contributed by atoms with Gasteiger partial charge in [0.05, 0.1) is 17.7 Å². The second kappa shape index (κ2) is 26.4. The number of unbranched alkanes of at least 4 members (excludes halogenated alkanes) is 2. The molecule has 3 radical (unpaired) electrons. The van der Waals surface area contributed by atoms with Crippen LogP contribution in [0, 0.1) is 11.7 Å². The van der Waals surface area contributed by atoms with Crippen LogP contribution in [0.25, 0.3) is 17.0 Å². The van der Waals surface area contributed by atoms with Crippen molar-refractivity contribution in [3.63, 3.8) is 0 Å². The van der Waals surface area contributed by atoms with Gasteiger partial charge < -0.3 is 11.6 Å². The van der Waals surface area contributed by atoms with Gasteiger partial charge in [-0.05, 0) is 167 Å². The fourth-order valence-corrected chi connectivity index (χ4v) is 8.09. The molecule has 2 N–H and O–H groups in total. The van der Waals surface area contributed by atoms with Crippen LogP contribution in [0.15, 0.2) is 114 Å². The molecule has 0 bridgehead atoms. The molecule has 0 spiro atoms. The van der Waals surface area contributed by atoms with Crippen LogP contribution in [0.3, 0.4) is 0 Å². The van der Waals surface area contributed by atoms with Crippen LogP contribution in [0.5, 0.6) is 0 Å². The molecule has 3 aromatic heterocycles. The van der Waals surface area contributed by atoms with Crippen molar-refractivity contribution in [3.05, 3.63) is 154 Å². The number of aliphatic imine (C=N–C) groups is 1. The van der Waals surface area contributed by atoms with Crippen molar-refractivity contribution < 1.29 is 54.8 Å². The zero-order chi connectivity index (χ0) is 42.1. The molecule has 0 fully saturated rings. The Balaban J connectivity index is 0.000000309. The molecular formula is C51H59BF2N4NaO3. The number of aromatic nitrogens is 3. The van der Waals surface area contributed by atoms with E-state index in [0.717, 1.165) is 99.1 Å². The predicted octanol–water partition coefficient (Wildman–Crippen LogP) is 7.00. The predicted molar refractivity (Wildman–Crippen MR) is 245 cm³/mol. The number of dihydropyridines is 1. The number of carbonyl (C=O) groups excluding carboxylic acids is 1. The second-order valence-electron chi connectivity index (χ2n) is 15.9. The SMILES string of the molecule is CO.O=C(/C=C/C1=CC2C=C(F)C=CC2N=C1)CCCCc1ccc2c(n1)CCCC2.OC(/C=C/c1cnc2ccc(F)cc2c1)CCCCc1ccc2c(n1)CCCC2.[B].[H-].[Na+]. The van der Waals surface area contributed by atoms with Gasteiger partial charge in [-0.15, -0.1) is 0 Å². The summed E-state index contributed by atoms with van der Waals surface area (Å²) in [6.45, 7) is 0. The van der Waals surface area contributed by atoms with Crippen LogP contribution in [0.2, 0.25) is 0 Å². The van der Waals surface area contributed by atoms with E-state index < -0.39 is 6.10 Å². The van der Waals surface area contributed by atoms with Crippen LogP contribution in [-0.2, 0) is 43.3 Å². The van der Waals surface area contributed by atoms with Crippen molar-refractivity contribution >= 4 is 37.4 Å². The van der Waals surface area contributed by atoms with Gasteiger partial charge in [0, 0.05) is 68.4 Å². The van der Waals surface area contributed by atoms with Crippen LogP contribution in [0.1, 0.15) is 105 Å². The van der Waals surface area contributed by atoms with Crippen molar-refractivity contribution in [2.24, 2.45) is 10.9 Å². The number of ketones is 1. The topological polar surface area (TPSA) is 109 Å². The van der Waals surface area contributed by atoms with Gasteiger partial charge in [0.25, 0.3) is 0 Å². The van der Waals surface area contributed by atoms with E-state index in [9.17, 15) is 18.7 Å². The van der Waals surface area contributed by atoms with Gasteiger partial charge in [-0.1, -0.05) is 48.9 Å². The van der Waals surface area contributed by atoms with E-state index >= 15 is 0 Å². The fraction of sp³-hybridized carbons (Fsp3) is 0.392. The monoisotopic (exact) mass is 847 g/mol. The van der Waals surface area contributed by atoms with Gasteiger partial charge in [0.15, 0.2) is 5.78 Å². The number of aliphatic hydroxyl groups is 2. The van der Waals surface area contributed by atoms with Gasteiger partial charge in [0.1, 0.15) is 11.6 Å². The summed E-state index contributed by atoms with van der Waals surface area (Å²) in [6.07, 6.45) is 33.4. The molecule has 62 heavy (non-hydrogen) atoms. The summed E-state index contributed by atoms with van der Waals surface area (Å²) in [6, 6.07) is 15.2. The molecule has 0 saturated carbocycles. The van der Waals surface area contributed by atoms with E-state index in [-0.39, 0.29) is 68.8 Å². The summed E-state index contributed by atoms with van der Waals surface area (Å²) in [4.78, 5) is 30.6. The van der Waals surface area contributed by atoms with Gasteiger partial charge >= 0.3 is 29.6 Å². The maximum atomic E-state index is 13.4. The normalized spacial score (nSPS) is 17.8. The number of halogens is 2. The molecule has 3 unspecified atom stereocenters. The molecule has 8 rings (SSSR count). The molecule has 3 atom stereocenters. The molecule has 4 heterocycles. The summed E-state index contributed by atoms with van der Waals surface area (Å²) < 4.78 is 26.8. The number of hydrogen-bond acceptors (Lipinski definition) is 7. The summed E-state index contributed by atoms with van der Waals surface area (Å²) in [5.74, 6) is -0.449. The number of aryl methyl sites for hydroxylation is 6.